The van der Waals surface area contributed by atoms with Gasteiger partial charge in [-0.3, -0.25) is 4.79 Å². The predicted octanol–water partition coefficient (Wildman–Crippen LogP) is 3.50. The lowest BCUT2D eigenvalue weighted by Crippen LogP contribution is -2.47. The van der Waals surface area contributed by atoms with Gasteiger partial charge < -0.3 is 19.2 Å². The van der Waals surface area contributed by atoms with Crippen LogP contribution in [0.4, 0.5) is 0 Å². The molecular formula is C24H25N5O3. The lowest BCUT2D eigenvalue weighted by Gasteiger charge is -2.30. The smallest absolute Gasteiger partial charge is 0.251 e. The first-order valence-corrected chi connectivity index (χ1v) is 10.6. The molecule has 1 amide bonds. The molecule has 5 rings (SSSR count). The van der Waals surface area contributed by atoms with Gasteiger partial charge in [-0.2, -0.15) is 4.98 Å². The number of amides is 1. The highest BCUT2D eigenvalue weighted by Crippen LogP contribution is 2.32. The highest BCUT2D eigenvalue weighted by Gasteiger charge is 2.40. The zero-order chi connectivity index (χ0) is 22.2. The van der Waals surface area contributed by atoms with E-state index in [-0.39, 0.29) is 24.5 Å². The molecular weight excluding hydrogens is 406 g/mol. The third kappa shape index (κ3) is 3.73. The van der Waals surface area contributed by atoms with Crippen LogP contribution in [-0.4, -0.2) is 39.1 Å². The summed E-state index contributed by atoms with van der Waals surface area (Å²) in [6, 6.07) is 13.7. The number of benzene rings is 2. The average Bonchev–Trinajstić information content (AvgIpc) is 3.45. The Kier molecular flexibility index (Phi) is 5.14. The van der Waals surface area contributed by atoms with Crippen molar-refractivity contribution in [1.82, 2.24) is 25.5 Å². The number of carbonyl (C=O) groups is 1. The molecule has 0 bridgehead atoms. The minimum atomic E-state index is -0.271. The van der Waals surface area contributed by atoms with Gasteiger partial charge in [0.1, 0.15) is 18.3 Å². The molecule has 32 heavy (non-hydrogen) atoms. The van der Waals surface area contributed by atoms with Crippen LogP contribution in [0.3, 0.4) is 0 Å². The maximum absolute atomic E-state index is 13.2. The van der Waals surface area contributed by atoms with E-state index in [9.17, 15) is 4.79 Å². The Labute approximate surface area is 186 Å². The summed E-state index contributed by atoms with van der Waals surface area (Å²) in [5.74, 6) is 1.57. The van der Waals surface area contributed by atoms with Crippen molar-refractivity contribution >= 4 is 5.91 Å². The summed E-state index contributed by atoms with van der Waals surface area (Å²) >= 11 is 0. The quantitative estimate of drug-likeness (QED) is 0.662. The summed E-state index contributed by atoms with van der Waals surface area (Å²) in [5, 5.41) is 5.96. The van der Waals surface area contributed by atoms with Gasteiger partial charge in [0.2, 0.25) is 11.7 Å². The molecule has 8 heteroatoms. The molecule has 1 aromatic heterocycles. The van der Waals surface area contributed by atoms with Crippen molar-refractivity contribution in [1.29, 1.82) is 0 Å². The Hall–Kier alpha value is -3.65. The van der Waals surface area contributed by atoms with Crippen molar-refractivity contribution in [2.75, 3.05) is 7.11 Å². The number of hydrogen-bond acceptors (Lipinski definition) is 7. The van der Waals surface area contributed by atoms with Gasteiger partial charge >= 0.3 is 0 Å². The molecule has 0 radical (unpaired) electrons. The third-order valence-electron chi connectivity index (χ3n) is 6.11. The molecule has 2 aliphatic rings. The summed E-state index contributed by atoms with van der Waals surface area (Å²) in [5.41, 5.74) is 7.94. The molecule has 0 saturated carbocycles. The number of ether oxygens (including phenoxy) is 1. The summed E-state index contributed by atoms with van der Waals surface area (Å²) in [6.07, 6.45) is 4.34. The number of aromatic nitrogens is 2. The maximum Gasteiger partial charge on any atom is 0.251 e. The van der Waals surface area contributed by atoms with E-state index in [0.717, 1.165) is 11.3 Å². The van der Waals surface area contributed by atoms with E-state index in [4.69, 9.17) is 9.26 Å². The van der Waals surface area contributed by atoms with E-state index in [1.165, 1.54) is 16.7 Å². The van der Waals surface area contributed by atoms with Gasteiger partial charge in [0.05, 0.1) is 13.2 Å². The summed E-state index contributed by atoms with van der Waals surface area (Å²) < 4.78 is 10.7. The first kappa shape index (κ1) is 20.3. The van der Waals surface area contributed by atoms with E-state index >= 15 is 0 Å². The second kappa shape index (κ2) is 8.12. The van der Waals surface area contributed by atoms with Crippen molar-refractivity contribution in [2.45, 2.75) is 38.9 Å². The van der Waals surface area contributed by atoms with Crippen LogP contribution in [-0.2, 0) is 11.3 Å². The number of nitrogens with one attached hydrogen (secondary N) is 1. The van der Waals surface area contributed by atoms with Gasteiger partial charge in [0.25, 0.3) is 5.91 Å². The van der Waals surface area contributed by atoms with Crippen LogP contribution in [0.5, 0.6) is 5.75 Å². The van der Waals surface area contributed by atoms with Gasteiger partial charge in [0.15, 0.2) is 0 Å². The molecule has 8 nitrogen and oxygen atoms in total. The molecule has 1 N–H and O–H groups in total. The van der Waals surface area contributed by atoms with Gasteiger partial charge in [-0.1, -0.05) is 35.5 Å². The van der Waals surface area contributed by atoms with Crippen molar-refractivity contribution in [3.05, 3.63) is 77.4 Å². The number of hydrogen-bond donors (Lipinski definition) is 1. The van der Waals surface area contributed by atoms with Crippen molar-refractivity contribution in [2.24, 2.45) is 0 Å². The van der Waals surface area contributed by atoms with Crippen molar-refractivity contribution < 1.29 is 14.1 Å². The summed E-state index contributed by atoms with van der Waals surface area (Å²) in [4.78, 5) is 19.2. The summed E-state index contributed by atoms with van der Waals surface area (Å²) in [6.45, 7) is 4.44. The Morgan fingerprint density at radius 1 is 1.16 bits per heavy atom. The van der Waals surface area contributed by atoms with Crippen LogP contribution >= 0.6 is 0 Å². The Morgan fingerprint density at radius 2 is 2.03 bits per heavy atom. The SMILES string of the molecule is COc1cccc(-c2noc(CN3C=CN4NC(c5ccc(C)c(C)c5)CC4C3=O)n2)c1. The standard InChI is InChI=1S/C24H25N5O3/c1-15-7-8-17(11-16(15)2)20-13-21-24(30)28(9-10-29(21)26-20)14-22-25-23(27-32-22)18-5-4-6-19(12-18)31-3/h4-12,20-21,26H,13-14H2,1-3H3. The fourth-order valence-corrected chi connectivity index (χ4v) is 4.11. The van der Waals surface area contributed by atoms with Gasteiger partial charge in [-0.25, -0.2) is 5.43 Å². The monoisotopic (exact) mass is 431 g/mol. The van der Waals surface area contributed by atoms with Gasteiger partial charge in [-0.15, -0.1) is 0 Å². The number of fused-ring (bicyclic) bond motifs is 1. The molecule has 2 atom stereocenters. The molecule has 3 heterocycles. The first-order valence-electron chi connectivity index (χ1n) is 10.6. The van der Waals surface area contributed by atoms with E-state index in [0.29, 0.717) is 18.1 Å². The largest absolute Gasteiger partial charge is 0.497 e. The highest BCUT2D eigenvalue weighted by molar-refractivity contribution is 5.84. The minimum absolute atomic E-state index is 0.00691. The molecule has 2 aliphatic heterocycles. The van der Waals surface area contributed by atoms with Crippen LogP contribution < -0.4 is 10.2 Å². The number of methoxy groups -OCH3 is 1. The van der Waals surface area contributed by atoms with E-state index in [2.05, 4.69) is 47.6 Å². The lowest BCUT2D eigenvalue weighted by atomic mass is 9.97. The minimum Gasteiger partial charge on any atom is -0.497 e. The van der Waals surface area contributed by atoms with Crippen LogP contribution in [0.2, 0.25) is 0 Å². The van der Waals surface area contributed by atoms with Crippen molar-refractivity contribution in [3.8, 4) is 17.1 Å². The molecule has 0 spiro atoms. The fraction of sp³-hybridized carbons (Fsp3) is 0.292. The van der Waals surface area contributed by atoms with Gasteiger partial charge in [-0.05, 0) is 49.1 Å². The first-order chi connectivity index (χ1) is 15.5. The number of nitrogens with zero attached hydrogens (tertiary/aromatic N) is 4. The molecule has 2 aromatic carbocycles. The van der Waals surface area contributed by atoms with Crippen LogP contribution in [0.25, 0.3) is 11.4 Å². The molecule has 2 unspecified atom stereocenters. The second-order valence-corrected chi connectivity index (χ2v) is 8.19. The normalized spacial score (nSPS) is 20.0. The van der Waals surface area contributed by atoms with Crippen molar-refractivity contribution in [3.63, 3.8) is 0 Å². The zero-order valence-electron chi connectivity index (χ0n) is 18.3. The average molecular weight is 431 g/mol. The molecule has 1 fully saturated rings. The molecule has 0 aliphatic carbocycles. The van der Waals surface area contributed by atoms with E-state index in [1.54, 1.807) is 18.2 Å². The molecule has 3 aromatic rings. The Bertz CT molecular complexity index is 1190. The third-order valence-corrected chi connectivity index (χ3v) is 6.11. The molecule has 1 saturated heterocycles. The predicted molar refractivity (Wildman–Crippen MR) is 118 cm³/mol. The number of hydrazine groups is 1. The number of aryl methyl sites for hydroxylation is 2. The topological polar surface area (TPSA) is 83.7 Å². The van der Waals surface area contributed by atoms with Crippen LogP contribution in [0.15, 0.2) is 59.4 Å². The Morgan fingerprint density at radius 3 is 2.84 bits per heavy atom. The summed E-state index contributed by atoms with van der Waals surface area (Å²) in [7, 11) is 1.61. The lowest BCUT2D eigenvalue weighted by molar-refractivity contribution is -0.135. The van der Waals surface area contributed by atoms with E-state index in [1.807, 2.05) is 35.5 Å². The number of rotatable bonds is 5. The number of carbonyl (C=O) groups excluding carboxylic acids is 1. The molecule has 164 valence electrons. The fourth-order valence-electron chi connectivity index (χ4n) is 4.11. The van der Waals surface area contributed by atoms with Crippen LogP contribution in [0.1, 0.15) is 35.0 Å². The zero-order valence-corrected chi connectivity index (χ0v) is 18.3. The van der Waals surface area contributed by atoms with Crippen LogP contribution in [0, 0.1) is 13.8 Å². The van der Waals surface area contributed by atoms with Gasteiger partial charge in [0, 0.05) is 18.0 Å². The second-order valence-electron chi connectivity index (χ2n) is 8.19. The maximum atomic E-state index is 13.2. The Balaban J connectivity index is 1.28. The highest BCUT2D eigenvalue weighted by atomic mass is 16.5. The van der Waals surface area contributed by atoms with E-state index < -0.39 is 0 Å².